The summed E-state index contributed by atoms with van der Waals surface area (Å²) >= 11 is 0. The van der Waals surface area contributed by atoms with Crippen molar-refractivity contribution in [3.05, 3.63) is 35.5 Å². The molecular formula is C21H29N3O2. The van der Waals surface area contributed by atoms with Crippen molar-refractivity contribution in [1.29, 1.82) is 0 Å². The highest BCUT2D eigenvalue weighted by Crippen LogP contribution is 2.28. The first-order valence-electron chi connectivity index (χ1n) is 9.87. The van der Waals surface area contributed by atoms with Gasteiger partial charge in [-0.2, -0.15) is 0 Å². The number of hydrogen-bond acceptors (Lipinski definition) is 3. The van der Waals surface area contributed by atoms with Crippen LogP contribution in [0.2, 0.25) is 0 Å². The van der Waals surface area contributed by atoms with Crippen LogP contribution in [-0.4, -0.2) is 54.7 Å². The molecule has 1 unspecified atom stereocenters. The van der Waals surface area contributed by atoms with E-state index in [1.165, 1.54) is 41.3 Å². The van der Waals surface area contributed by atoms with Crippen LogP contribution in [-0.2, 0) is 16.0 Å². The van der Waals surface area contributed by atoms with E-state index in [-0.39, 0.29) is 11.9 Å². The summed E-state index contributed by atoms with van der Waals surface area (Å²) in [6, 6.07) is 6.17. The Balaban J connectivity index is 1.33. The zero-order chi connectivity index (χ0) is 17.9. The average Bonchev–Trinajstić information content (AvgIpc) is 3.03. The second-order valence-corrected chi connectivity index (χ2v) is 7.73. The number of ether oxygens (including phenoxy) is 1. The summed E-state index contributed by atoms with van der Waals surface area (Å²) in [5.41, 5.74) is 3.71. The van der Waals surface area contributed by atoms with Crippen molar-refractivity contribution in [2.75, 3.05) is 32.8 Å². The first-order chi connectivity index (χ1) is 12.7. The quantitative estimate of drug-likeness (QED) is 0.837. The normalized spacial score (nSPS) is 21.7. The molecule has 2 fully saturated rings. The van der Waals surface area contributed by atoms with E-state index in [0.717, 1.165) is 32.0 Å². The molecule has 26 heavy (non-hydrogen) atoms. The zero-order valence-corrected chi connectivity index (χ0v) is 15.6. The van der Waals surface area contributed by atoms with E-state index >= 15 is 0 Å². The number of hydrogen-bond donors (Lipinski definition) is 2. The predicted molar refractivity (Wildman–Crippen MR) is 103 cm³/mol. The van der Waals surface area contributed by atoms with Gasteiger partial charge in [0, 0.05) is 36.7 Å². The molecule has 0 spiro atoms. The number of H-pyrrole nitrogens is 1. The van der Waals surface area contributed by atoms with Gasteiger partial charge in [-0.3, -0.25) is 9.69 Å². The molecular weight excluding hydrogens is 326 g/mol. The van der Waals surface area contributed by atoms with Crippen molar-refractivity contribution >= 4 is 16.8 Å². The van der Waals surface area contributed by atoms with Gasteiger partial charge in [0.15, 0.2) is 0 Å². The minimum Gasteiger partial charge on any atom is -0.378 e. The van der Waals surface area contributed by atoms with Crippen LogP contribution < -0.4 is 5.32 Å². The summed E-state index contributed by atoms with van der Waals surface area (Å²) in [7, 11) is 0. The molecule has 0 radical (unpaired) electrons. The van der Waals surface area contributed by atoms with Crippen molar-refractivity contribution < 1.29 is 9.53 Å². The van der Waals surface area contributed by atoms with Gasteiger partial charge in [0.05, 0.1) is 13.2 Å². The van der Waals surface area contributed by atoms with Gasteiger partial charge in [0.2, 0.25) is 5.91 Å². The summed E-state index contributed by atoms with van der Waals surface area (Å²) in [6.07, 6.45) is 6.87. The largest absolute Gasteiger partial charge is 0.378 e. The summed E-state index contributed by atoms with van der Waals surface area (Å²) in [5.74, 6) is 0.887. The first kappa shape index (κ1) is 17.6. The fourth-order valence-corrected chi connectivity index (χ4v) is 4.19. The minimum absolute atomic E-state index is 0.112. The molecule has 1 saturated heterocycles. The lowest BCUT2D eigenvalue weighted by atomic mass is 9.84. The molecule has 1 aromatic carbocycles. The van der Waals surface area contributed by atoms with E-state index in [9.17, 15) is 4.79 Å². The number of carbonyl (C=O) groups excluding carboxylic acids is 1. The molecule has 140 valence electrons. The van der Waals surface area contributed by atoms with Crippen LogP contribution in [0, 0.1) is 12.8 Å². The number of carbonyl (C=O) groups is 1. The third-order valence-electron chi connectivity index (χ3n) is 5.95. The van der Waals surface area contributed by atoms with Crippen molar-refractivity contribution in [2.45, 2.75) is 38.6 Å². The molecule has 0 bridgehead atoms. The molecule has 1 atom stereocenters. The third-order valence-corrected chi connectivity index (χ3v) is 5.95. The van der Waals surface area contributed by atoms with Crippen LogP contribution in [0.3, 0.4) is 0 Å². The van der Waals surface area contributed by atoms with Gasteiger partial charge in [-0.05, 0) is 49.3 Å². The number of morpholine rings is 1. The Morgan fingerprint density at radius 3 is 3.08 bits per heavy atom. The van der Waals surface area contributed by atoms with Gasteiger partial charge in [-0.25, -0.2) is 0 Å². The summed E-state index contributed by atoms with van der Waals surface area (Å²) in [5, 5.41) is 4.43. The van der Waals surface area contributed by atoms with E-state index in [0.29, 0.717) is 13.2 Å². The van der Waals surface area contributed by atoms with Crippen molar-refractivity contribution in [1.82, 2.24) is 15.2 Å². The number of fused-ring (bicyclic) bond motifs is 1. The Morgan fingerprint density at radius 2 is 2.27 bits per heavy atom. The van der Waals surface area contributed by atoms with Crippen LogP contribution in [0.15, 0.2) is 24.4 Å². The molecule has 2 heterocycles. The highest BCUT2D eigenvalue weighted by molar-refractivity contribution is 5.86. The Morgan fingerprint density at radius 1 is 1.38 bits per heavy atom. The number of aromatic nitrogens is 1. The number of aromatic amines is 1. The smallest absolute Gasteiger partial charge is 0.239 e. The number of nitrogens with one attached hydrogen (secondary N) is 2. The zero-order valence-electron chi connectivity index (χ0n) is 15.6. The minimum atomic E-state index is -0.131. The number of benzene rings is 1. The second-order valence-electron chi connectivity index (χ2n) is 7.73. The highest BCUT2D eigenvalue weighted by atomic mass is 16.5. The van der Waals surface area contributed by atoms with Gasteiger partial charge < -0.3 is 15.0 Å². The first-order valence-corrected chi connectivity index (χ1v) is 9.87. The number of nitrogens with zero attached hydrogens (tertiary/aromatic N) is 1. The van der Waals surface area contributed by atoms with Gasteiger partial charge in [-0.15, -0.1) is 0 Å². The fourth-order valence-electron chi connectivity index (χ4n) is 4.19. The molecule has 5 nitrogen and oxygen atoms in total. The van der Waals surface area contributed by atoms with Gasteiger partial charge in [0.25, 0.3) is 0 Å². The maximum atomic E-state index is 12.7. The van der Waals surface area contributed by atoms with Crippen molar-refractivity contribution in [2.24, 2.45) is 5.92 Å². The molecule has 1 saturated carbocycles. The lowest BCUT2D eigenvalue weighted by Crippen LogP contribution is -2.55. The number of amides is 1. The van der Waals surface area contributed by atoms with Crippen LogP contribution >= 0.6 is 0 Å². The Labute approximate surface area is 155 Å². The standard InChI is InChI=1S/C21H29N3O2/c1-15-4-2-7-18-20(15)17(12-23-18)8-9-22-21(25)19-14-26-11-10-24(19)13-16-5-3-6-16/h2,4,7,12,16,19,23H,3,5-6,8-11,13-14H2,1H3,(H,22,25). The fraction of sp³-hybridized carbons (Fsp3) is 0.571. The molecule has 4 rings (SSSR count). The van der Waals surface area contributed by atoms with Crippen LogP contribution in [0.1, 0.15) is 30.4 Å². The maximum Gasteiger partial charge on any atom is 0.239 e. The Hall–Kier alpha value is -1.85. The van der Waals surface area contributed by atoms with Gasteiger partial charge in [-0.1, -0.05) is 18.6 Å². The molecule has 1 aromatic heterocycles. The molecule has 1 aliphatic carbocycles. The predicted octanol–water partition coefficient (Wildman–Crippen LogP) is 2.64. The average molecular weight is 355 g/mol. The monoisotopic (exact) mass is 355 g/mol. The van der Waals surface area contributed by atoms with Crippen molar-refractivity contribution in [3.63, 3.8) is 0 Å². The summed E-state index contributed by atoms with van der Waals surface area (Å²) in [4.78, 5) is 18.4. The van der Waals surface area contributed by atoms with E-state index in [1.807, 2.05) is 0 Å². The van der Waals surface area contributed by atoms with Crippen LogP contribution in [0.5, 0.6) is 0 Å². The molecule has 1 amide bonds. The molecule has 2 aromatic rings. The molecule has 2 N–H and O–H groups in total. The topological polar surface area (TPSA) is 57.4 Å². The summed E-state index contributed by atoms with van der Waals surface area (Å²) in [6.45, 7) is 5.97. The van der Waals surface area contributed by atoms with Gasteiger partial charge in [0.1, 0.15) is 6.04 Å². The van der Waals surface area contributed by atoms with Crippen LogP contribution in [0.4, 0.5) is 0 Å². The Bertz CT molecular complexity index is 766. The molecule has 2 aliphatic rings. The molecule has 1 aliphatic heterocycles. The number of rotatable bonds is 6. The third kappa shape index (κ3) is 3.64. The lowest BCUT2D eigenvalue weighted by Gasteiger charge is -2.39. The lowest BCUT2D eigenvalue weighted by molar-refractivity contribution is -0.133. The SMILES string of the molecule is Cc1cccc2[nH]cc(CCNC(=O)C3COCCN3CC3CCC3)c12. The van der Waals surface area contributed by atoms with Crippen LogP contribution in [0.25, 0.3) is 10.9 Å². The van der Waals surface area contributed by atoms with Crippen molar-refractivity contribution in [3.8, 4) is 0 Å². The molecule has 5 heteroatoms. The maximum absolute atomic E-state index is 12.7. The van der Waals surface area contributed by atoms with E-state index in [4.69, 9.17) is 4.74 Å². The number of aryl methyl sites for hydroxylation is 1. The van der Waals surface area contributed by atoms with E-state index < -0.39 is 0 Å². The van der Waals surface area contributed by atoms with E-state index in [1.54, 1.807) is 0 Å². The summed E-state index contributed by atoms with van der Waals surface area (Å²) < 4.78 is 5.58. The van der Waals surface area contributed by atoms with E-state index in [2.05, 4.69) is 46.5 Å². The van der Waals surface area contributed by atoms with Gasteiger partial charge >= 0.3 is 0 Å². The highest BCUT2D eigenvalue weighted by Gasteiger charge is 2.32. The second kappa shape index (κ2) is 7.80. The Kier molecular flexibility index (Phi) is 5.27.